The first-order chi connectivity index (χ1) is 14.8. The van der Waals surface area contributed by atoms with Gasteiger partial charge in [0.25, 0.3) is 0 Å². The molecule has 12 nitrogen and oxygen atoms in total. The molecule has 2 atom stereocenters. The van der Waals surface area contributed by atoms with Crippen molar-refractivity contribution in [3.63, 3.8) is 0 Å². The van der Waals surface area contributed by atoms with Crippen molar-refractivity contribution in [3.05, 3.63) is 36.0 Å². The average molecular weight is 473 g/mol. The van der Waals surface area contributed by atoms with E-state index < -0.39 is 40.3 Å². The van der Waals surface area contributed by atoms with Crippen LogP contribution in [0.2, 0.25) is 0 Å². The van der Waals surface area contributed by atoms with Gasteiger partial charge in [0.05, 0.1) is 12.6 Å². The number of nitrogens with two attached hydrogens (primary N) is 2. The predicted octanol–water partition coefficient (Wildman–Crippen LogP) is -0.291. The van der Waals surface area contributed by atoms with Crippen LogP contribution in [0, 0.1) is 0 Å². The van der Waals surface area contributed by atoms with Gasteiger partial charge in [0.2, 0.25) is 11.8 Å². The molecule has 7 N–H and O–H groups in total. The zero-order valence-corrected chi connectivity index (χ0v) is 18.5. The molecule has 0 radical (unpaired) electrons. The Morgan fingerprint density at radius 1 is 1.22 bits per heavy atom. The van der Waals surface area contributed by atoms with Gasteiger partial charge >= 0.3 is 16.4 Å². The second-order valence-electron chi connectivity index (χ2n) is 6.86. The minimum Gasteiger partial charge on any atom is -0.464 e. The maximum atomic E-state index is 12.4. The van der Waals surface area contributed by atoms with E-state index in [1.54, 1.807) is 6.92 Å². The first-order valence-corrected chi connectivity index (χ1v) is 11.0. The molecule has 0 saturated heterocycles. The number of hydrogen-bond donors (Lipinski definition) is 5. The highest BCUT2D eigenvalue weighted by molar-refractivity contribution is 7.79. The van der Waals surface area contributed by atoms with Crippen LogP contribution < -0.4 is 16.8 Å². The molecule has 0 bridgehead atoms. The van der Waals surface area contributed by atoms with Crippen LogP contribution in [0.4, 0.5) is 0 Å². The van der Waals surface area contributed by atoms with Crippen molar-refractivity contribution in [1.29, 1.82) is 0 Å². The summed E-state index contributed by atoms with van der Waals surface area (Å²) in [6.45, 7) is 1.90. The molecule has 0 aliphatic rings. The van der Waals surface area contributed by atoms with Crippen molar-refractivity contribution in [1.82, 2.24) is 9.88 Å². The Labute approximate surface area is 185 Å². The standard InChI is InChI=1S/C19H26N4O4.H2O4S/c1-3-27-19(26)15(22-18(25)14(20)8-9-17(21)24)10-12-11-23(2)16-7-5-4-6-13(12)16;1-5(2,3)4/h4-7,11,14-15H,3,8-10,20H2,1-2H3,(H2,21,24)(H,22,25);(H2,1,2,3,4)/t14-,15+;/m0./s1. The van der Waals surface area contributed by atoms with E-state index in [1.165, 1.54) is 0 Å². The molecule has 0 saturated carbocycles. The number of rotatable bonds is 9. The maximum absolute atomic E-state index is 12.4. The molecule has 0 aliphatic heterocycles. The highest BCUT2D eigenvalue weighted by atomic mass is 32.3. The van der Waals surface area contributed by atoms with E-state index in [1.807, 2.05) is 42.1 Å². The van der Waals surface area contributed by atoms with Crippen LogP contribution in [-0.2, 0) is 43.0 Å². The number of carbonyl (C=O) groups is 3. The number of carbonyl (C=O) groups excluding carboxylic acids is 3. The number of para-hydroxylation sites is 1. The van der Waals surface area contributed by atoms with Crippen molar-refractivity contribution in [2.75, 3.05) is 6.61 Å². The Hall–Kier alpha value is -3.00. The SMILES string of the molecule is CCOC(=O)[C@@H](Cc1cn(C)c2ccccc12)NC(=O)[C@@H](N)CCC(N)=O.O=S(=O)(O)O. The summed E-state index contributed by atoms with van der Waals surface area (Å²) in [6, 6.07) is 6.01. The number of aromatic nitrogens is 1. The van der Waals surface area contributed by atoms with Gasteiger partial charge in [-0.1, -0.05) is 18.2 Å². The molecule has 13 heteroatoms. The quantitative estimate of drug-likeness (QED) is 0.240. The summed E-state index contributed by atoms with van der Waals surface area (Å²) in [5.74, 6) is -1.58. The fraction of sp³-hybridized carbons (Fsp3) is 0.421. The van der Waals surface area contributed by atoms with Gasteiger partial charge in [0, 0.05) is 37.0 Å². The highest BCUT2D eigenvalue weighted by Crippen LogP contribution is 2.22. The van der Waals surface area contributed by atoms with Crippen molar-refractivity contribution in [2.45, 2.75) is 38.3 Å². The Bertz CT molecular complexity index is 1040. The van der Waals surface area contributed by atoms with Crippen LogP contribution in [-0.4, -0.2) is 58.6 Å². The van der Waals surface area contributed by atoms with E-state index in [4.69, 9.17) is 33.7 Å². The molecule has 0 unspecified atom stereocenters. The number of aryl methyl sites for hydroxylation is 1. The molecule has 1 aromatic carbocycles. The molecular formula is C19H28N4O8S. The first kappa shape index (κ1) is 27.0. The summed E-state index contributed by atoms with van der Waals surface area (Å²) in [5, 5.41) is 3.65. The van der Waals surface area contributed by atoms with Gasteiger partial charge in [-0.15, -0.1) is 0 Å². The zero-order valence-electron chi connectivity index (χ0n) is 17.7. The summed E-state index contributed by atoms with van der Waals surface area (Å²) in [5.41, 5.74) is 12.8. The third kappa shape index (κ3) is 9.43. The lowest BCUT2D eigenvalue weighted by Crippen LogP contribution is -2.50. The molecule has 0 spiro atoms. The normalized spacial score (nSPS) is 12.9. The number of fused-ring (bicyclic) bond motifs is 1. The molecular weight excluding hydrogens is 444 g/mol. The van der Waals surface area contributed by atoms with Crippen LogP contribution >= 0.6 is 0 Å². The third-order valence-electron chi connectivity index (χ3n) is 4.33. The number of primary amides is 1. The Kier molecular flexibility index (Phi) is 10.3. The van der Waals surface area contributed by atoms with Crippen LogP contribution in [0.1, 0.15) is 25.3 Å². The van der Waals surface area contributed by atoms with Gasteiger partial charge in [-0.3, -0.25) is 18.7 Å². The van der Waals surface area contributed by atoms with Crippen LogP contribution in [0.3, 0.4) is 0 Å². The average Bonchev–Trinajstić information content (AvgIpc) is 3.00. The fourth-order valence-electron chi connectivity index (χ4n) is 2.95. The molecule has 1 aromatic heterocycles. The van der Waals surface area contributed by atoms with Crippen molar-refractivity contribution >= 4 is 39.1 Å². The molecule has 178 valence electrons. The third-order valence-corrected chi connectivity index (χ3v) is 4.33. The second kappa shape index (κ2) is 12.1. The van der Waals surface area contributed by atoms with E-state index in [0.29, 0.717) is 0 Å². The minimum absolute atomic E-state index is 0.00197. The van der Waals surface area contributed by atoms with E-state index >= 15 is 0 Å². The van der Waals surface area contributed by atoms with E-state index in [-0.39, 0.29) is 25.9 Å². The highest BCUT2D eigenvalue weighted by Gasteiger charge is 2.26. The zero-order chi connectivity index (χ0) is 24.5. The van der Waals surface area contributed by atoms with Gasteiger partial charge in [-0.2, -0.15) is 8.42 Å². The second-order valence-corrected chi connectivity index (χ2v) is 7.75. The minimum atomic E-state index is -4.67. The van der Waals surface area contributed by atoms with E-state index in [0.717, 1.165) is 16.5 Å². The first-order valence-electron chi connectivity index (χ1n) is 9.57. The number of benzene rings is 1. The van der Waals surface area contributed by atoms with Gasteiger partial charge in [-0.25, -0.2) is 4.79 Å². The lowest BCUT2D eigenvalue weighted by Gasteiger charge is -2.19. The number of amides is 2. The van der Waals surface area contributed by atoms with Crippen molar-refractivity contribution in [3.8, 4) is 0 Å². The van der Waals surface area contributed by atoms with Crippen molar-refractivity contribution < 1.29 is 36.6 Å². The Morgan fingerprint density at radius 2 is 1.81 bits per heavy atom. The number of ether oxygens (including phenoxy) is 1. The molecule has 0 aliphatic carbocycles. The summed E-state index contributed by atoms with van der Waals surface area (Å²) >= 11 is 0. The summed E-state index contributed by atoms with van der Waals surface area (Å²) < 4.78 is 38.6. The number of esters is 1. The van der Waals surface area contributed by atoms with Gasteiger partial charge < -0.3 is 26.1 Å². The fourth-order valence-corrected chi connectivity index (χ4v) is 2.95. The van der Waals surface area contributed by atoms with Crippen LogP contribution in [0.25, 0.3) is 10.9 Å². The molecule has 32 heavy (non-hydrogen) atoms. The maximum Gasteiger partial charge on any atom is 0.394 e. The number of hydrogen-bond acceptors (Lipinski definition) is 7. The molecule has 2 aromatic rings. The molecule has 2 amide bonds. The van der Waals surface area contributed by atoms with Gasteiger partial charge in [-0.05, 0) is 25.0 Å². The predicted molar refractivity (Wildman–Crippen MR) is 116 cm³/mol. The number of nitrogens with zero attached hydrogens (tertiary/aromatic N) is 1. The Balaban J connectivity index is 0.000000920. The smallest absolute Gasteiger partial charge is 0.394 e. The topological polar surface area (TPSA) is 204 Å². The Morgan fingerprint density at radius 3 is 2.38 bits per heavy atom. The summed E-state index contributed by atoms with van der Waals surface area (Å²) in [6.07, 6.45) is 2.32. The molecule has 0 fully saturated rings. The summed E-state index contributed by atoms with van der Waals surface area (Å²) in [4.78, 5) is 35.6. The van der Waals surface area contributed by atoms with Crippen molar-refractivity contribution in [2.24, 2.45) is 18.5 Å². The van der Waals surface area contributed by atoms with Crippen LogP contribution in [0.15, 0.2) is 30.5 Å². The van der Waals surface area contributed by atoms with E-state index in [9.17, 15) is 14.4 Å². The number of nitrogens with one attached hydrogen (secondary N) is 1. The van der Waals surface area contributed by atoms with E-state index in [2.05, 4.69) is 5.32 Å². The van der Waals surface area contributed by atoms with Crippen LogP contribution in [0.5, 0.6) is 0 Å². The monoisotopic (exact) mass is 472 g/mol. The summed E-state index contributed by atoms with van der Waals surface area (Å²) in [7, 11) is -2.75. The molecule has 2 rings (SSSR count). The lowest BCUT2D eigenvalue weighted by atomic mass is 10.0. The lowest BCUT2D eigenvalue weighted by molar-refractivity contribution is -0.147. The molecule has 1 heterocycles. The van der Waals surface area contributed by atoms with Gasteiger partial charge in [0.15, 0.2) is 0 Å². The largest absolute Gasteiger partial charge is 0.464 e. The van der Waals surface area contributed by atoms with Gasteiger partial charge in [0.1, 0.15) is 6.04 Å².